The topological polar surface area (TPSA) is 90.3 Å². The van der Waals surface area contributed by atoms with E-state index in [1.54, 1.807) is 0 Å². The zero-order valence-electron chi connectivity index (χ0n) is 72.9. The van der Waals surface area contributed by atoms with Gasteiger partial charge in [-0.25, -0.2) is 0 Å². The van der Waals surface area contributed by atoms with E-state index < -0.39 is 0 Å². The summed E-state index contributed by atoms with van der Waals surface area (Å²) in [5.41, 5.74) is 35.1. The monoisotopic (exact) mass is 1740 g/mol. The lowest BCUT2D eigenvalue weighted by molar-refractivity contribution is 0.668. The predicted molar refractivity (Wildman–Crippen MR) is 563 cm³/mol. The van der Waals surface area contributed by atoms with Crippen LogP contribution in [0.3, 0.4) is 0 Å². The van der Waals surface area contributed by atoms with E-state index in [4.69, 9.17) is 22.1 Å². The molecule has 10 heteroatoms. The van der Waals surface area contributed by atoms with Crippen LogP contribution in [0.2, 0.25) is 0 Å². The Morgan fingerprint density at radius 2 is 0.279 bits per heavy atom. The van der Waals surface area contributed by atoms with Crippen LogP contribution < -0.4 is 0 Å². The molecule has 0 radical (unpaired) electrons. The highest BCUT2D eigenvalue weighted by Gasteiger charge is 2.26. The molecular weight excluding hydrogens is 1660 g/mol. The van der Waals surface area contributed by atoms with Crippen LogP contribution in [0.25, 0.3) is 292 Å². The van der Waals surface area contributed by atoms with Gasteiger partial charge in [-0.05, 0) is 251 Å². The molecule has 0 aliphatic rings. The van der Waals surface area contributed by atoms with E-state index in [0.29, 0.717) is 0 Å². The lowest BCUT2D eigenvalue weighted by Gasteiger charge is -2.09. The maximum absolute atomic E-state index is 6.74. The lowest BCUT2D eigenvalue weighted by Crippen LogP contribution is -1.93. The highest BCUT2D eigenvalue weighted by molar-refractivity contribution is 6.24. The van der Waals surface area contributed by atoms with Gasteiger partial charge in [0.05, 0.1) is 55.2 Å². The zero-order chi connectivity index (χ0) is 88.6. The Labute approximate surface area is 774 Å². The molecule has 0 bridgehead atoms. The van der Waals surface area contributed by atoms with Crippen molar-refractivity contribution in [1.82, 2.24) is 22.8 Å². The molecule has 31 rings (SSSR count). The Hall–Kier alpha value is -18.4. The Balaban J connectivity index is 0.000000130. The molecule has 0 amide bonds. The fourth-order valence-corrected chi connectivity index (χ4v) is 22.5. The summed E-state index contributed by atoms with van der Waals surface area (Å²) in [5.74, 6) is 0. The summed E-state index contributed by atoms with van der Waals surface area (Å²) in [4.78, 5) is 0. The fourth-order valence-electron chi connectivity index (χ4n) is 22.5. The van der Waals surface area contributed by atoms with Crippen molar-refractivity contribution in [2.75, 3.05) is 0 Å². The molecule has 136 heavy (non-hydrogen) atoms. The second-order valence-corrected chi connectivity index (χ2v) is 36.1. The second kappa shape index (κ2) is 28.6. The van der Waals surface area contributed by atoms with Gasteiger partial charge in [-0.2, -0.15) is 0 Å². The van der Waals surface area contributed by atoms with E-state index in [9.17, 15) is 0 Å². The number of rotatable bonds is 9. The van der Waals surface area contributed by atoms with Gasteiger partial charge in [-0.3, -0.25) is 0 Å². The van der Waals surface area contributed by atoms with E-state index in [-0.39, 0.29) is 0 Å². The molecule has 0 saturated heterocycles. The van der Waals surface area contributed by atoms with Crippen molar-refractivity contribution in [2.45, 2.75) is 0 Å². The minimum Gasteiger partial charge on any atom is -0.456 e. The van der Waals surface area contributed by atoms with E-state index in [1.807, 2.05) is 30.3 Å². The van der Waals surface area contributed by atoms with Gasteiger partial charge >= 0.3 is 0 Å². The third kappa shape index (κ3) is 11.1. The second-order valence-electron chi connectivity index (χ2n) is 36.1. The molecule has 0 fully saturated rings. The number of benzene rings is 21. The number of aromatic nitrogens is 5. The molecule has 0 atom stereocenters. The Morgan fingerprint density at radius 1 is 0.103 bits per heavy atom. The first-order valence-electron chi connectivity index (χ1n) is 46.3. The first-order chi connectivity index (χ1) is 67.4. The average molecular weight is 1740 g/mol. The molecule has 0 aliphatic carbocycles. The minimum absolute atomic E-state index is 0.862. The molecule has 31 aromatic rings. The molecule has 0 unspecified atom stereocenters. The highest BCUT2D eigenvalue weighted by atomic mass is 16.3. The number of nitrogens with zero attached hydrogens (tertiary/aromatic N) is 5. The van der Waals surface area contributed by atoms with Crippen LogP contribution in [-0.2, 0) is 0 Å². The largest absolute Gasteiger partial charge is 0.456 e. The molecule has 10 nitrogen and oxygen atoms in total. The standard InChI is InChI=1S/C66H39N3O2.C60H34N2O3/c1-4-14-44(15-5-1)67-57-22-12-10-20-47(57)49-32-40(24-28-58(49)67)43-27-31-64-54(35-43)56-37-53-51-34-42(26-30-60(51)69(46-18-8-3-9-19-46)62(53)39-66(56)71-64)41-25-29-59-50(33-41)52-36-55-48-21-11-13-23-63(48)70-65(55)38-61(52)68(59)45-16-6-2-7-17-45;1-3-11-39(12-4-1)61-51-23-19-35(27-43(51)45-31-49-42-16-8-10-18-56(42)64-59(49)33-53(45)61)36-20-24-52-44(28-36)46-32-50-48-30-38(37-21-25-57-47(29-37)41-15-7-9-17-55(41)63-57)22-26-58(48)65-60(50)34-54(46)62(52)40-13-5-2-6-14-40/h1-39H;1-34H. The molecule has 0 aliphatic heterocycles. The van der Waals surface area contributed by atoms with Crippen molar-refractivity contribution in [2.24, 2.45) is 0 Å². The molecular formula is C126H73N5O5. The van der Waals surface area contributed by atoms with E-state index >= 15 is 0 Å². The molecule has 632 valence electrons. The van der Waals surface area contributed by atoms with Crippen LogP contribution in [0, 0.1) is 0 Å². The van der Waals surface area contributed by atoms with E-state index in [0.717, 1.165) is 221 Å². The summed E-state index contributed by atoms with van der Waals surface area (Å²) in [7, 11) is 0. The quantitative estimate of drug-likeness (QED) is 0.144. The number of hydrogen-bond acceptors (Lipinski definition) is 5. The molecule has 10 aromatic heterocycles. The first-order valence-corrected chi connectivity index (χ1v) is 46.3. The van der Waals surface area contributed by atoms with Crippen molar-refractivity contribution < 1.29 is 22.1 Å². The van der Waals surface area contributed by atoms with Crippen molar-refractivity contribution >= 4 is 219 Å². The summed E-state index contributed by atoms with van der Waals surface area (Å²) in [6.45, 7) is 0. The summed E-state index contributed by atoms with van der Waals surface area (Å²) in [6.07, 6.45) is 0. The number of fused-ring (bicyclic) bond motifs is 30. The van der Waals surface area contributed by atoms with Crippen molar-refractivity contribution in [3.8, 4) is 72.9 Å². The van der Waals surface area contributed by atoms with E-state index in [2.05, 4.69) is 435 Å². The third-order valence-electron chi connectivity index (χ3n) is 28.7. The van der Waals surface area contributed by atoms with Crippen LogP contribution >= 0.6 is 0 Å². The SMILES string of the molecule is c1ccc(-n2c3ccc(-c4ccc5c(c4)c4cc6c(cc4n5-c4ccccc4)oc4ccc(-c5ccc7oc8ccccc8c7c5)cc46)cc3c3cc4c(cc32)oc2ccccc24)cc1.c1ccc(-n2c3ccccc3c3cc(-c4ccc5oc6cc7c(cc6c5c4)c4cc(-c5ccc6c(c5)c5cc8c(cc5n6-c5ccccc5)oc5ccccc58)ccc4n7-c4ccccc4)ccc32)cc1. The summed E-state index contributed by atoms with van der Waals surface area (Å²) in [5, 5.41) is 23.1. The minimum atomic E-state index is 0.862. The van der Waals surface area contributed by atoms with Crippen molar-refractivity contribution in [3.05, 3.63) is 443 Å². The molecule has 10 heterocycles. The maximum atomic E-state index is 6.74. The summed E-state index contributed by atoms with van der Waals surface area (Å²) in [6, 6.07) is 159. The number of hydrogen-bond donors (Lipinski definition) is 0. The van der Waals surface area contributed by atoms with Crippen LogP contribution in [0.15, 0.2) is 465 Å². The van der Waals surface area contributed by atoms with Crippen LogP contribution in [0.5, 0.6) is 0 Å². The van der Waals surface area contributed by atoms with Gasteiger partial charge in [-0.15, -0.1) is 0 Å². The van der Waals surface area contributed by atoms with Gasteiger partial charge in [0, 0.05) is 160 Å². The normalized spacial score (nSPS) is 12.3. The Kier molecular flexibility index (Phi) is 15.6. The van der Waals surface area contributed by atoms with E-state index in [1.165, 1.54) is 70.5 Å². The molecule has 0 spiro atoms. The summed E-state index contributed by atoms with van der Waals surface area (Å²) >= 11 is 0. The van der Waals surface area contributed by atoms with Crippen LogP contribution in [0.4, 0.5) is 0 Å². The smallest absolute Gasteiger partial charge is 0.137 e. The first kappa shape index (κ1) is 74.4. The third-order valence-corrected chi connectivity index (χ3v) is 28.7. The summed E-state index contributed by atoms with van der Waals surface area (Å²) < 4.78 is 44.3. The number of para-hydroxylation sites is 9. The van der Waals surface area contributed by atoms with Gasteiger partial charge in [0.25, 0.3) is 0 Å². The molecule has 0 N–H and O–H groups in total. The Morgan fingerprint density at radius 3 is 0.566 bits per heavy atom. The molecule has 21 aromatic carbocycles. The average Bonchev–Trinajstić information content (AvgIpc) is 1.57. The van der Waals surface area contributed by atoms with Gasteiger partial charge in [0.15, 0.2) is 0 Å². The Bertz CT molecular complexity index is 10500. The van der Waals surface area contributed by atoms with Gasteiger partial charge in [0.2, 0.25) is 0 Å². The van der Waals surface area contributed by atoms with Gasteiger partial charge in [-0.1, -0.05) is 212 Å². The van der Waals surface area contributed by atoms with Crippen molar-refractivity contribution in [3.63, 3.8) is 0 Å². The fraction of sp³-hybridized carbons (Fsp3) is 0. The molecule has 0 saturated carbocycles. The zero-order valence-corrected chi connectivity index (χ0v) is 72.9. The van der Waals surface area contributed by atoms with Crippen molar-refractivity contribution in [1.29, 1.82) is 0 Å². The maximum Gasteiger partial charge on any atom is 0.137 e. The lowest BCUT2D eigenvalue weighted by atomic mass is 9.99. The van der Waals surface area contributed by atoms with Gasteiger partial charge < -0.3 is 44.9 Å². The van der Waals surface area contributed by atoms with Crippen LogP contribution in [0.1, 0.15) is 0 Å². The van der Waals surface area contributed by atoms with Gasteiger partial charge in [0.1, 0.15) is 55.8 Å². The predicted octanol–water partition coefficient (Wildman–Crippen LogP) is 35.0. The number of furan rings is 5. The van der Waals surface area contributed by atoms with Crippen LogP contribution in [-0.4, -0.2) is 22.8 Å². The highest BCUT2D eigenvalue weighted by Crippen LogP contribution is 2.49.